The third kappa shape index (κ3) is 9.96. The molecule has 164 valence electrons. The van der Waals surface area contributed by atoms with Gasteiger partial charge in [0, 0.05) is 31.2 Å². The maximum absolute atomic E-state index is 10.2. The van der Waals surface area contributed by atoms with Gasteiger partial charge in [0.2, 0.25) is 0 Å². The molecule has 0 aliphatic heterocycles. The van der Waals surface area contributed by atoms with Crippen molar-refractivity contribution in [3.05, 3.63) is 59.7 Å². The van der Waals surface area contributed by atoms with Crippen LogP contribution >= 0.6 is 0 Å². The SMILES string of the molecule is CCCCCCCCCCCCN=C(Cc1ccccc1)Cc1ccc(O)cc1O. The fourth-order valence-electron chi connectivity index (χ4n) is 3.76. The Kier molecular flexibility index (Phi) is 11.7. The van der Waals surface area contributed by atoms with Crippen LogP contribution in [0.15, 0.2) is 53.5 Å². The topological polar surface area (TPSA) is 52.8 Å². The standard InChI is InChI=1S/C27H39NO2/c1-2-3-4-5-6-7-8-9-10-14-19-28-25(20-23-15-12-11-13-16-23)21-24-17-18-26(29)22-27(24)30/h11-13,15-18,22,29-30H,2-10,14,19-21H2,1H3. The van der Waals surface area contributed by atoms with Crippen molar-refractivity contribution in [2.75, 3.05) is 6.54 Å². The molecule has 2 aromatic rings. The summed E-state index contributed by atoms with van der Waals surface area (Å²) < 4.78 is 0. The molecule has 0 saturated carbocycles. The lowest BCUT2D eigenvalue weighted by atomic mass is 10.0. The second-order valence-electron chi connectivity index (χ2n) is 8.28. The summed E-state index contributed by atoms with van der Waals surface area (Å²) in [5.41, 5.74) is 3.13. The maximum Gasteiger partial charge on any atom is 0.122 e. The minimum atomic E-state index is 0.0863. The number of benzene rings is 2. The summed E-state index contributed by atoms with van der Waals surface area (Å²) in [5, 5.41) is 19.7. The Labute approximate surface area is 182 Å². The van der Waals surface area contributed by atoms with Gasteiger partial charge in [-0.2, -0.15) is 0 Å². The highest BCUT2D eigenvalue weighted by molar-refractivity contribution is 5.89. The average Bonchev–Trinajstić information content (AvgIpc) is 2.74. The number of aliphatic imine (C=N–C) groups is 1. The first-order valence-corrected chi connectivity index (χ1v) is 11.8. The third-order valence-electron chi connectivity index (χ3n) is 5.56. The van der Waals surface area contributed by atoms with E-state index in [4.69, 9.17) is 4.99 Å². The Morgan fingerprint density at radius 3 is 2.00 bits per heavy atom. The van der Waals surface area contributed by atoms with E-state index in [9.17, 15) is 10.2 Å². The smallest absolute Gasteiger partial charge is 0.122 e. The van der Waals surface area contributed by atoms with Gasteiger partial charge < -0.3 is 10.2 Å². The van der Waals surface area contributed by atoms with Crippen LogP contribution in [-0.2, 0) is 12.8 Å². The van der Waals surface area contributed by atoms with Gasteiger partial charge in [0.15, 0.2) is 0 Å². The van der Waals surface area contributed by atoms with Crippen LogP contribution in [0.25, 0.3) is 0 Å². The number of nitrogens with zero attached hydrogens (tertiary/aromatic N) is 1. The molecular formula is C27H39NO2. The van der Waals surface area contributed by atoms with Crippen LogP contribution in [-0.4, -0.2) is 22.5 Å². The fraction of sp³-hybridized carbons (Fsp3) is 0.519. The molecule has 0 aliphatic rings. The van der Waals surface area contributed by atoms with Crippen molar-refractivity contribution < 1.29 is 10.2 Å². The van der Waals surface area contributed by atoms with E-state index in [2.05, 4.69) is 19.1 Å². The Bertz CT molecular complexity index is 740. The molecule has 0 aliphatic carbocycles. The molecule has 0 radical (unpaired) electrons. The third-order valence-corrected chi connectivity index (χ3v) is 5.56. The molecule has 2 rings (SSSR count). The maximum atomic E-state index is 10.2. The summed E-state index contributed by atoms with van der Waals surface area (Å²) in [4.78, 5) is 4.89. The van der Waals surface area contributed by atoms with Gasteiger partial charge in [-0.15, -0.1) is 0 Å². The molecule has 0 fully saturated rings. The van der Waals surface area contributed by atoms with Gasteiger partial charge in [-0.25, -0.2) is 0 Å². The molecule has 0 bridgehead atoms. The summed E-state index contributed by atoms with van der Waals surface area (Å²) >= 11 is 0. The van der Waals surface area contributed by atoms with E-state index in [0.29, 0.717) is 6.42 Å². The highest BCUT2D eigenvalue weighted by atomic mass is 16.3. The van der Waals surface area contributed by atoms with E-state index in [-0.39, 0.29) is 11.5 Å². The zero-order valence-electron chi connectivity index (χ0n) is 18.7. The van der Waals surface area contributed by atoms with Crippen molar-refractivity contribution >= 4 is 5.71 Å². The van der Waals surface area contributed by atoms with Crippen LogP contribution in [0.5, 0.6) is 11.5 Å². The van der Waals surface area contributed by atoms with E-state index in [0.717, 1.165) is 30.7 Å². The van der Waals surface area contributed by atoms with Gasteiger partial charge in [-0.05, 0) is 23.6 Å². The lowest BCUT2D eigenvalue weighted by Gasteiger charge is -2.10. The fourth-order valence-corrected chi connectivity index (χ4v) is 3.76. The normalized spacial score (nSPS) is 11.7. The van der Waals surface area contributed by atoms with E-state index in [1.165, 1.54) is 69.4 Å². The van der Waals surface area contributed by atoms with Crippen LogP contribution < -0.4 is 0 Å². The van der Waals surface area contributed by atoms with Gasteiger partial charge in [-0.1, -0.05) is 101 Å². The lowest BCUT2D eigenvalue weighted by Crippen LogP contribution is -2.09. The second-order valence-corrected chi connectivity index (χ2v) is 8.28. The lowest BCUT2D eigenvalue weighted by molar-refractivity contribution is 0.447. The van der Waals surface area contributed by atoms with Crippen molar-refractivity contribution in [2.24, 2.45) is 4.99 Å². The summed E-state index contributed by atoms with van der Waals surface area (Å²) in [7, 11) is 0. The van der Waals surface area contributed by atoms with Crippen LogP contribution in [0.2, 0.25) is 0 Å². The van der Waals surface area contributed by atoms with Gasteiger partial charge in [0.05, 0.1) is 0 Å². The molecule has 2 aromatic carbocycles. The number of rotatable bonds is 15. The molecule has 0 unspecified atom stereocenters. The molecule has 0 heterocycles. The molecular weight excluding hydrogens is 370 g/mol. The summed E-state index contributed by atoms with van der Waals surface area (Å²) in [6, 6.07) is 15.2. The number of phenolic OH excluding ortho intramolecular Hbond substituents is 2. The largest absolute Gasteiger partial charge is 0.508 e. The van der Waals surface area contributed by atoms with Crippen molar-refractivity contribution in [1.82, 2.24) is 0 Å². The van der Waals surface area contributed by atoms with Crippen LogP contribution in [0.3, 0.4) is 0 Å². The molecule has 0 aromatic heterocycles. The Morgan fingerprint density at radius 1 is 0.733 bits per heavy atom. The minimum Gasteiger partial charge on any atom is -0.508 e. The molecule has 0 atom stereocenters. The Hall–Kier alpha value is -2.29. The Balaban J connectivity index is 1.78. The van der Waals surface area contributed by atoms with Gasteiger partial charge in [-0.3, -0.25) is 4.99 Å². The molecule has 0 spiro atoms. The van der Waals surface area contributed by atoms with Gasteiger partial charge in [0.1, 0.15) is 11.5 Å². The van der Waals surface area contributed by atoms with E-state index in [1.54, 1.807) is 12.1 Å². The number of hydrogen-bond acceptors (Lipinski definition) is 3. The van der Waals surface area contributed by atoms with Crippen LogP contribution in [0, 0.1) is 0 Å². The Morgan fingerprint density at radius 2 is 1.37 bits per heavy atom. The van der Waals surface area contributed by atoms with E-state index < -0.39 is 0 Å². The number of unbranched alkanes of at least 4 members (excludes halogenated alkanes) is 9. The summed E-state index contributed by atoms with van der Waals surface area (Å²) in [6.07, 6.45) is 14.6. The zero-order chi connectivity index (χ0) is 21.4. The van der Waals surface area contributed by atoms with E-state index >= 15 is 0 Å². The predicted molar refractivity (Wildman–Crippen MR) is 128 cm³/mol. The number of phenols is 2. The average molecular weight is 410 g/mol. The molecule has 2 N–H and O–H groups in total. The molecule has 3 nitrogen and oxygen atoms in total. The monoisotopic (exact) mass is 409 g/mol. The minimum absolute atomic E-state index is 0.0863. The summed E-state index contributed by atoms with van der Waals surface area (Å²) in [6.45, 7) is 3.11. The first-order valence-electron chi connectivity index (χ1n) is 11.8. The molecule has 0 saturated heterocycles. The second kappa shape index (κ2) is 14.7. The van der Waals surface area contributed by atoms with Crippen molar-refractivity contribution in [3.8, 4) is 11.5 Å². The number of aromatic hydroxyl groups is 2. The van der Waals surface area contributed by atoms with E-state index in [1.807, 2.05) is 18.2 Å². The molecule has 0 amide bonds. The number of hydrogen-bond donors (Lipinski definition) is 2. The highest BCUT2D eigenvalue weighted by Crippen LogP contribution is 2.24. The van der Waals surface area contributed by atoms with Gasteiger partial charge in [0.25, 0.3) is 0 Å². The molecule has 30 heavy (non-hydrogen) atoms. The van der Waals surface area contributed by atoms with Crippen molar-refractivity contribution in [2.45, 2.75) is 84.0 Å². The summed E-state index contributed by atoms with van der Waals surface area (Å²) in [5.74, 6) is 0.220. The molecule has 3 heteroatoms. The predicted octanol–water partition coefficient (Wildman–Crippen LogP) is 7.24. The van der Waals surface area contributed by atoms with Crippen molar-refractivity contribution in [1.29, 1.82) is 0 Å². The van der Waals surface area contributed by atoms with Gasteiger partial charge >= 0.3 is 0 Å². The quantitative estimate of drug-likeness (QED) is 0.240. The zero-order valence-corrected chi connectivity index (χ0v) is 18.7. The first kappa shape index (κ1) is 24.0. The first-order chi connectivity index (χ1) is 14.7. The van der Waals surface area contributed by atoms with Crippen LogP contribution in [0.4, 0.5) is 0 Å². The highest BCUT2D eigenvalue weighted by Gasteiger charge is 2.08. The van der Waals surface area contributed by atoms with Crippen molar-refractivity contribution in [3.63, 3.8) is 0 Å². The van der Waals surface area contributed by atoms with Crippen LogP contribution in [0.1, 0.15) is 82.3 Å².